The van der Waals surface area contributed by atoms with Gasteiger partial charge in [0.15, 0.2) is 0 Å². The van der Waals surface area contributed by atoms with Crippen LogP contribution in [-0.2, 0) is 18.4 Å². The van der Waals surface area contributed by atoms with E-state index in [1.165, 1.54) is 186 Å². The fourth-order valence-corrected chi connectivity index (χ4v) is 8.23. The molecule has 0 aliphatic heterocycles. The van der Waals surface area contributed by atoms with Crippen LogP contribution < -0.4 is 10.2 Å². The minimum atomic E-state index is -4.58. The lowest BCUT2D eigenvalue weighted by Gasteiger charge is -2.29. The van der Waals surface area contributed by atoms with Gasteiger partial charge in [0.2, 0.25) is 5.91 Å². The number of quaternary nitrogens is 1. The average molecular weight is 843 g/mol. The van der Waals surface area contributed by atoms with Crippen LogP contribution in [0.2, 0.25) is 0 Å². The van der Waals surface area contributed by atoms with Gasteiger partial charge in [0.05, 0.1) is 39.9 Å². The predicted octanol–water partition coefficient (Wildman–Crippen LogP) is 13.7. The largest absolute Gasteiger partial charge is 0.756 e. The molecule has 346 valence electrons. The second-order valence-corrected chi connectivity index (χ2v) is 19.9. The van der Waals surface area contributed by atoms with Gasteiger partial charge in [-0.05, 0) is 19.3 Å². The standard InChI is InChI=1S/C49H99N2O6P/c1-6-8-10-12-14-16-18-20-22-23-24-25-26-27-29-31-33-35-37-39-41-43-49(53)50-47(46-57-58(54,55)56-45-44-51(3,4)5)48(52)42-40-38-36-34-32-30-28-21-19-17-15-13-11-9-7-2/h40,42,47-48,52H,6-39,41,43-46H2,1-5H3,(H-,50,53,54,55)/b42-40+. The molecule has 0 saturated carbocycles. The van der Waals surface area contributed by atoms with E-state index in [1.54, 1.807) is 6.08 Å². The summed E-state index contributed by atoms with van der Waals surface area (Å²) in [5, 5.41) is 13.8. The first-order valence-corrected chi connectivity index (χ1v) is 26.5. The Morgan fingerprint density at radius 2 is 0.931 bits per heavy atom. The first-order valence-electron chi connectivity index (χ1n) is 25.1. The molecule has 0 aromatic rings. The molecule has 0 radical (unpaired) electrons. The number of hydrogen-bond donors (Lipinski definition) is 2. The first kappa shape index (κ1) is 57.2. The molecule has 0 aromatic carbocycles. The van der Waals surface area contributed by atoms with E-state index in [9.17, 15) is 19.4 Å². The Kier molecular flexibility index (Phi) is 41.0. The van der Waals surface area contributed by atoms with Crippen LogP contribution in [0.15, 0.2) is 12.2 Å². The van der Waals surface area contributed by atoms with E-state index in [-0.39, 0.29) is 19.1 Å². The highest BCUT2D eigenvalue weighted by atomic mass is 31.2. The number of phosphoric acid groups is 1. The van der Waals surface area contributed by atoms with Crippen LogP contribution in [0.3, 0.4) is 0 Å². The van der Waals surface area contributed by atoms with E-state index in [1.807, 2.05) is 27.2 Å². The number of nitrogens with one attached hydrogen (secondary N) is 1. The van der Waals surface area contributed by atoms with Crippen molar-refractivity contribution < 1.29 is 32.9 Å². The molecule has 3 unspecified atom stereocenters. The maximum Gasteiger partial charge on any atom is 0.268 e. The fraction of sp³-hybridized carbons (Fsp3) is 0.939. The average Bonchev–Trinajstić information content (AvgIpc) is 3.17. The Labute approximate surface area is 361 Å². The van der Waals surface area contributed by atoms with E-state index >= 15 is 0 Å². The summed E-state index contributed by atoms with van der Waals surface area (Å²) in [4.78, 5) is 25.4. The number of rotatable bonds is 46. The van der Waals surface area contributed by atoms with Crippen molar-refractivity contribution in [2.75, 3.05) is 40.9 Å². The monoisotopic (exact) mass is 843 g/mol. The number of aliphatic hydroxyl groups excluding tert-OH is 1. The summed E-state index contributed by atoms with van der Waals surface area (Å²) < 4.78 is 23.3. The van der Waals surface area contributed by atoms with Crippen LogP contribution >= 0.6 is 7.82 Å². The van der Waals surface area contributed by atoms with E-state index in [4.69, 9.17) is 9.05 Å². The van der Waals surface area contributed by atoms with E-state index in [0.717, 1.165) is 38.5 Å². The number of aliphatic hydroxyl groups is 1. The van der Waals surface area contributed by atoms with Crippen molar-refractivity contribution in [3.05, 3.63) is 12.2 Å². The summed E-state index contributed by atoms with van der Waals surface area (Å²) >= 11 is 0. The van der Waals surface area contributed by atoms with Gasteiger partial charge < -0.3 is 28.8 Å². The number of carbonyl (C=O) groups is 1. The summed E-state index contributed by atoms with van der Waals surface area (Å²) in [5.41, 5.74) is 0. The summed E-state index contributed by atoms with van der Waals surface area (Å²) in [6.45, 7) is 4.68. The van der Waals surface area contributed by atoms with Crippen molar-refractivity contribution in [1.29, 1.82) is 0 Å². The van der Waals surface area contributed by atoms with Crippen LogP contribution in [0.1, 0.15) is 245 Å². The molecule has 0 aliphatic rings. The van der Waals surface area contributed by atoms with Crippen molar-refractivity contribution >= 4 is 13.7 Å². The summed E-state index contributed by atoms with van der Waals surface area (Å²) in [6.07, 6.45) is 48.3. The molecular weight excluding hydrogens is 744 g/mol. The highest BCUT2D eigenvalue weighted by molar-refractivity contribution is 7.45. The molecule has 0 fully saturated rings. The molecule has 0 bridgehead atoms. The first-order chi connectivity index (χ1) is 28.0. The van der Waals surface area contributed by atoms with Gasteiger partial charge in [0.1, 0.15) is 13.2 Å². The summed E-state index contributed by atoms with van der Waals surface area (Å²) in [7, 11) is 1.27. The van der Waals surface area contributed by atoms with Gasteiger partial charge in [-0.25, -0.2) is 0 Å². The number of likely N-dealkylation sites (N-methyl/N-ethyl adjacent to an activating group) is 1. The Balaban J connectivity index is 4.26. The number of unbranched alkanes of at least 4 members (excludes halogenated alkanes) is 33. The number of amides is 1. The van der Waals surface area contributed by atoms with Crippen molar-refractivity contribution in [2.45, 2.75) is 257 Å². The highest BCUT2D eigenvalue weighted by Gasteiger charge is 2.23. The number of hydrogen-bond acceptors (Lipinski definition) is 6. The van der Waals surface area contributed by atoms with Crippen LogP contribution in [0.4, 0.5) is 0 Å². The molecule has 0 aromatic heterocycles. The maximum atomic E-state index is 12.9. The molecule has 0 spiro atoms. The van der Waals surface area contributed by atoms with E-state index in [0.29, 0.717) is 17.4 Å². The van der Waals surface area contributed by atoms with Crippen LogP contribution in [0, 0.1) is 0 Å². The fourth-order valence-electron chi connectivity index (χ4n) is 7.51. The molecule has 3 atom stereocenters. The molecule has 0 aliphatic carbocycles. The zero-order valence-corrected chi connectivity index (χ0v) is 40.2. The Morgan fingerprint density at radius 1 is 0.586 bits per heavy atom. The number of allylic oxidation sites excluding steroid dienone is 1. The lowest BCUT2D eigenvalue weighted by Crippen LogP contribution is -2.45. The molecule has 0 saturated heterocycles. The molecule has 9 heteroatoms. The molecule has 1 amide bonds. The zero-order valence-electron chi connectivity index (χ0n) is 39.3. The Morgan fingerprint density at radius 3 is 1.29 bits per heavy atom. The molecule has 8 nitrogen and oxygen atoms in total. The van der Waals surface area contributed by atoms with Crippen LogP contribution in [0.25, 0.3) is 0 Å². The third kappa shape index (κ3) is 43.3. The van der Waals surface area contributed by atoms with Crippen LogP contribution in [-0.4, -0.2) is 68.5 Å². The van der Waals surface area contributed by atoms with E-state index in [2.05, 4.69) is 19.2 Å². The van der Waals surface area contributed by atoms with Crippen molar-refractivity contribution in [2.24, 2.45) is 0 Å². The molecular formula is C49H99N2O6P. The Hall–Kier alpha value is -0.760. The highest BCUT2D eigenvalue weighted by Crippen LogP contribution is 2.38. The topological polar surface area (TPSA) is 108 Å². The number of carbonyl (C=O) groups excluding carboxylic acids is 1. The third-order valence-electron chi connectivity index (χ3n) is 11.5. The second-order valence-electron chi connectivity index (χ2n) is 18.5. The maximum absolute atomic E-state index is 12.9. The van der Waals surface area contributed by atoms with Gasteiger partial charge in [-0.1, -0.05) is 231 Å². The lowest BCUT2D eigenvalue weighted by molar-refractivity contribution is -0.870. The van der Waals surface area contributed by atoms with Crippen molar-refractivity contribution in [3.63, 3.8) is 0 Å². The van der Waals surface area contributed by atoms with Gasteiger partial charge in [-0.2, -0.15) is 0 Å². The van der Waals surface area contributed by atoms with Crippen LogP contribution in [0.5, 0.6) is 0 Å². The number of nitrogens with zero attached hydrogens (tertiary/aromatic N) is 1. The lowest BCUT2D eigenvalue weighted by atomic mass is 10.0. The van der Waals surface area contributed by atoms with Gasteiger partial charge in [0, 0.05) is 6.42 Å². The van der Waals surface area contributed by atoms with E-state index < -0.39 is 20.0 Å². The molecule has 2 N–H and O–H groups in total. The SMILES string of the molecule is CCCCCCCCCCCCCCC/C=C/C(O)C(COP(=O)([O-])OCC[N+](C)(C)C)NC(=O)CCCCCCCCCCCCCCCCCCCCCCC. The zero-order chi connectivity index (χ0) is 42.8. The van der Waals surface area contributed by atoms with Gasteiger partial charge in [-0.3, -0.25) is 9.36 Å². The van der Waals surface area contributed by atoms with Crippen molar-refractivity contribution in [1.82, 2.24) is 5.32 Å². The number of phosphoric ester groups is 1. The van der Waals surface area contributed by atoms with Gasteiger partial charge in [0.25, 0.3) is 7.82 Å². The van der Waals surface area contributed by atoms with Gasteiger partial charge in [-0.15, -0.1) is 0 Å². The normalized spacial score (nSPS) is 14.3. The minimum Gasteiger partial charge on any atom is -0.756 e. The summed E-state index contributed by atoms with van der Waals surface area (Å²) in [5.74, 6) is -0.193. The molecule has 0 heterocycles. The molecule has 0 rings (SSSR count). The van der Waals surface area contributed by atoms with Gasteiger partial charge >= 0.3 is 0 Å². The molecule has 58 heavy (non-hydrogen) atoms. The second kappa shape index (κ2) is 41.6. The third-order valence-corrected chi connectivity index (χ3v) is 12.5. The Bertz CT molecular complexity index is 958. The van der Waals surface area contributed by atoms with Crippen molar-refractivity contribution in [3.8, 4) is 0 Å². The predicted molar refractivity (Wildman–Crippen MR) is 247 cm³/mol. The minimum absolute atomic E-state index is 0.00234. The smallest absolute Gasteiger partial charge is 0.268 e. The summed E-state index contributed by atoms with van der Waals surface area (Å²) in [6, 6.07) is -0.880. The quantitative estimate of drug-likeness (QED) is 0.0273.